The van der Waals surface area contributed by atoms with Gasteiger partial charge in [-0.3, -0.25) is 4.79 Å². The van der Waals surface area contributed by atoms with Crippen molar-refractivity contribution in [1.29, 1.82) is 0 Å². The summed E-state index contributed by atoms with van der Waals surface area (Å²) in [5.74, 6) is 1.37. The van der Waals surface area contributed by atoms with Gasteiger partial charge in [-0.25, -0.2) is 23.5 Å². The molecule has 0 bridgehead atoms. The Morgan fingerprint density at radius 3 is 2.54 bits per heavy atom. The molecule has 2 aromatic heterocycles. The van der Waals surface area contributed by atoms with Gasteiger partial charge in [-0.05, 0) is 55.8 Å². The number of ether oxygens (including phenoxy) is 1. The maximum absolute atomic E-state index is 11.9. The number of anilines is 2. The average Bonchev–Trinajstić information content (AvgIpc) is 3.38. The van der Waals surface area contributed by atoms with Crippen LogP contribution < -0.4 is 32.0 Å². The van der Waals surface area contributed by atoms with Crippen molar-refractivity contribution in [3.05, 3.63) is 48.0 Å². The number of rotatable bonds is 11. The summed E-state index contributed by atoms with van der Waals surface area (Å²) in [5, 5.41) is 11.5. The Bertz CT molecular complexity index is 1690. The minimum atomic E-state index is -3.84. The maximum atomic E-state index is 11.9. The van der Waals surface area contributed by atoms with Gasteiger partial charge in [0.1, 0.15) is 11.3 Å². The molecule has 3 heterocycles. The Kier molecular flexibility index (Phi) is 7.16. The van der Waals surface area contributed by atoms with Crippen LogP contribution in [0.25, 0.3) is 22.1 Å². The van der Waals surface area contributed by atoms with E-state index in [4.69, 9.17) is 21.3 Å². The van der Waals surface area contributed by atoms with Gasteiger partial charge in [0, 0.05) is 25.7 Å². The number of nitrogens with one attached hydrogen (secondary N) is 2. The summed E-state index contributed by atoms with van der Waals surface area (Å²) in [5.41, 5.74) is 14.6. The van der Waals surface area contributed by atoms with E-state index >= 15 is 0 Å². The molecule has 0 saturated carbocycles. The minimum absolute atomic E-state index is 0.00201. The number of nitrogen functional groups attached to an aromatic ring is 1. The fraction of sp³-hybridized carbons (Fsp3) is 0.320. The molecule has 39 heavy (non-hydrogen) atoms. The van der Waals surface area contributed by atoms with Crippen molar-refractivity contribution in [2.45, 2.75) is 24.4 Å². The number of benzene rings is 2. The standard InChI is InChI=1S/C25H31N9O4S/c1-29-25-32-18-12-17(39(28,36)37)4-5-20(18)33(25)7-2-3-8-34-22-19(31-24(34)27)10-16(23(26)35)11-21(22)38-9-6-15-13-30-14-15/h2-5,10-12,15,30H,6-9,13-14H2,1H3,(H2,26,35)(H2,27,31)(H,29,32)(H2,28,36,37)/b3-2+. The lowest BCUT2D eigenvalue weighted by Crippen LogP contribution is -2.42. The number of hydrogen-bond acceptors (Lipinski definition) is 9. The summed E-state index contributed by atoms with van der Waals surface area (Å²) in [6.07, 6.45) is 4.78. The highest BCUT2D eigenvalue weighted by atomic mass is 32.2. The number of aromatic nitrogens is 4. The number of hydrogen-bond donors (Lipinski definition) is 5. The first-order chi connectivity index (χ1) is 18.7. The van der Waals surface area contributed by atoms with Gasteiger partial charge in [-0.1, -0.05) is 12.2 Å². The number of primary amides is 1. The van der Waals surface area contributed by atoms with Crippen molar-refractivity contribution in [2.75, 3.05) is 37.8 Å². The second kappa shape index (κ2) is 10.6. The lowest BCUT2D eigenvalue weighted by atomic mass is 10.0. The first-order valence-electron chi connectivity index (χ1n) is 12.4. The number of primary sulfonamides is 1. The molecular weight excluding hydrogens is 522 g/mol. The van der Waals surface area contributed by atoms with Crippen LogP contribution >= 0.6 is 0 Å². The lowest BCUT2D eigenvalue weighted by molar-refractivity contribution is 0.1000. The quantitative estimate of drug-likeness (QED) is 0.168. The molecule has 0 unspecified atom stereocenters. The van der Waals surface area contributed by atoms with Crippen molar-refractivity contribution in [3.8, 4) is 5.75 Å². The zero-order chi connectivity index (χ0) is 27.7. The highest BCUT2D eigenvalue weighted by Gasteiger charge is 2.19. The summed E-state index contributed by atoms with van der Waals surface area (Å²) in [6.45, 7) is 3.31. The lowest BCUT2D eigenvalue weighted by Gasteiger charge is -2.26. The van der Waals surface area contributed by atoms with Crippen LogP contribution in [0.3, 0.4) is 0 Å². The molecule has 2 aromatic carbocycles. The number of carbonyl (C=O) groups excluding carboxylic acids is 1. The summed E-state index contributed by atoms with van der Waals surface area (Å²) in [7, 11) is -2.10. The first-order valence-corrected chi connectivity index (χ1v) is 14.0. The van der Waals surface area contributed by atoms with Gasteiger partial charge < -0.3 is 36.0 Å². The van der Waals surface area contributed by atoms with Crippen molar-refractivity contribution < 1.29 is 17.9 Å². The fourth-order valence-electron chi connectivity index (χ4n) is 4.60. The van der Waals surface area contributed by atoms with Crippen molar-refractivity contribution >= 4 is 49.9 Å². The number of sulfonamides is 1. The van der Waals surface area contributed by atoms with Gasteiger partial charge in [0.2, 0.25) is 27.8 Å². The Hall–Kier alpha value is -4.14. The van der Waals surface area contributed by atoms with E-state index in [1.165, 1.54) is 12.1 Å². The minimum Gasteiger partial charge on any atom is -0.491 e. The fourth-order valence-corrected chi connectivity index (χ4v) is 5.13. The summed E-state index contributed by atoms with van der Waals surface area (Å²) >= 11 is 0. The first kappa shape index (κ1) is 26.5. The highest BCUT2D eigenvalue weighted by Crippen LogP contribution is 2.30. The number of nitrogens with zero attached hydrogens (tertiary/aromatic N) is 4. The molecular formula is C25H31N9O4S. The van der Waals surface area contributed by atoms with E-state index in [0.29, 0.717) is 59.4 Å². The van der Waals surface area contributed by atoms with Crippen molar-refractivity contribution in [1.82, 2.24) is 24.4 Å². The summed E-state index contributed by atoms with van der Waals surface area (Å²) in [4.78, 5) is 20.8. The Labute approximate surface area is 225 Å². The zero-order valence-electron chi connectivity index (χ0n) is 21.4. The van der Waals surface area contributed by atoms with E-state index in [1.807, 2.05) is 21.3 Å². The molecule has 5 rings (SSSR count). The van der Waals surface area contributed by atoms with Crippen LogP contribution in [0.4, 0.5) is 11.9 Å². The molecule has 14 heteroatoms. The predicted molar refractivity (Wildman–Crippen MR) is 149 cm³/mol. The van der Waals surface area contributed by atoms with Gasteiger partial charge in [-0.15, -0.1) is 0 Å². The van der Waals surface area contributed by atoms with Crippen molar-refractivity contribution in [3.63, 3.8) is 0 Å². The van der Waals surface area contributed by atoms with Gasteiger partial charge in [0.25, 0.3) is 0 Å². The molecule has 1 fully saturated rings. The van der Waals surface area contributed by atoms with Crippen LogP contribution in [-0.2, 0) is 23.1 Å². The van der Waals surface area contributed by atoms with E-state index in [-0.39, 0.29) is 10.8 Å². The molecule has 0 atom stereocenters. The second-order valence-electron chi connectivity index (χ2n) is 9.41. The third-order valence-electron chi connectivity index (χ3n) is 6.78. The Morgan fingerprint density at radius 2 is 1.90 bits per heavy atom. The number of imidazole rings is 2. The van der Waals surface area contributed by atoms with Crippen LogP contribution in [0.5, 0.6) is 5.75 Å². The van der Waals surface area contributed by atoms with Gasteiger partial charge in [0.15, 0.2) is 0 Å². The van der Waals surface area contributed by atoms with E-state index in [9.17, 15) is 13.2 Å². The molecule has 0 spiro atoms. The van der Waals surface area contributed by atoms with Gasteiger partial charge in [-0.2, -0.15) is 0 Å². The SMILES string of the molecule is CNc1nc2cc(S(N)(=O)=O)ccc2n1C/C=C/Cn1c(N)nc2cc(C(N)=O)cc(OCCC3CNC3)c21. The predicted octanol–water partition coefficient (Wildman–Crippen LogP) is 1.00. The van der Waals surface area contributed by atoms with Crippen LogP contribution in [0.15, 0.2) is 47.4 Å². The number of allylic oxidation sites excluding steroid dienone is 2. The van der Waals surface area contributed by atoms with E-state index in [2.05, 4.69) is 20.6 Å². The smallest absolute Gasteiger partial charge is 0.248 e. The third-order valence-corrected chi connectivity index (χ3v) is 7.70. The third kappa shape index (κ3) is 5.39. The maximum Gasteiger partial charge on any atom is 0.248 e. The van der Waals surface area contributed by atoms with E-state index in [1.54, 1.807) is 25.2 Å². The average molecular weight is 554 g/mol. The molecule has 1 amide bonds. The number of carbonyl (C=O) groups is 1. The van der Waals surface area contributed by atoms with Crippen LogP contribution in [0.1, 0.15) is 16.8 Å². The molecule has 0 radical (unpaired) electrons. The summed E-state index contributed by atoms with van der Waals surface area (Å²) in [6, 6.07) is 7.84. The molecule has 0 aliphatic carbocycles. The largest absolute Gasteiger partial charge is 0.491 e. The molecule has 1 aliphatic rings. The second-order valence-corrected chi connectivity index (χ2v) is 11.0. The number of nitrogens with two attached hydrogens (primary N) is 3. The Balaban J connectivity index is 1.39. The molecule has 8 N–H and O–H groups in total. The molecule has 1 aliphatic heterocycles. The van der Waals surface area contributed by atoms with Crippen molar-refractivity contribution in [2.24, 2.45) is 16.8 Å². The zero-order valence-corrected chi connectivity index (χ0v) is 22.2. The molecule has 4 aromatic rings. The normalized spacial score (nSPS) is 14.3. The van der Waals surface area contributed by atoms with Crippen LogP contribution in [0, 0.1) is 5.92 Å². The molecule has 206 valence electrons. The van der Waals surface area contributed by atoms with Gasteiger partial charge in [0.05, 0.1) is 28.1 Å². The number of amides is 1. The van der Waals surface area contributed by atoms with Crippen LogP contribution in [-0.4, -0.2) is 60.2 Å². The topological polar surface area (TPSA) is 198 Å². The van der Waals surface area contributed by atoms with Crippen LogP contribution in [0.2, 0.25) is 0 Å². The monoisotopic (exact) mass is 553 g/mol. The Morgan fingerprint density at radius 1 is 1.15 bits per heavy atom. The molecule has 1 saturated heterocycles. The van der Waals surface area contributed by atoms with E-state index < -0.39 is 15.9 Å². The number of fused-ring (bicyclic) bond motifs is 2. The highest BCUT2D eigenvalue weighted by molar-refractivity contribution is 7.89. The van der Waals surface area contributed by atoms with E-state index in [0.717, 1.165) is 25.0 Å². The van der Waals surface area contributed by atoms with Gasteiger partial charge >= 0.3 is 0 Å². The molecule has 13 nitrogen and oxygen atoms in total. The summed E-state index contributed by atoms with van der Waals surface area (Å²) < 4.78 is 33.3.